The second kappa shape index (κ2) is 5.12. The van der Waals surface area contributed by atoms with Gasteiger partial charge in [0.1, 0.15) is 5.41 Å². The van der Waals surface area contributed by atoms with Crippen molar-refractivity contribution in [1.29, 1.82) is 0 Å². The summed E-state index contributed by atoms with van der Waals surface area (Å²) in [6, 6.07) is -0.743. The first-order valence-corrected chi connectivity index (χ1v) is 5.83. The molecule has 1 fully saturated rings. The number of nitrogens with one attached hydrogen (secondary N) is 2. The van der Waals surface area contributed by atoms with Gasteiger partial charge in [-0.05, 0) is 19.8 Å². The fraction of sp³-hybridized carbons (Fsp3) is 0.583. The van der Waals surface area contributed by atoms with Crippen LogP contribution in [0, 0.1) is 5.41 Å². The van der Waals surface area contributed by atoms with Crippen LogP contribution in [0.1, 0.15) is 40.0 Å². The van der Waals surface area contributed by atoms with Crippen molar-refractivity contribution in [2.45, 2.75) is 40.0 Å². The second-order valence-electron chi connectivity index (χ2n) is 4.17. The van der Waals surface area contributed by atoms with E-state index < -0.39 is 23.3 Å². The first kappa shape index (κ1) is 13.4. The van der Waals surface area contributed by atoms with Crippen molar-refractivity contribution < 1.29 is 14.4 Å². The Bertz CT molecular complexity index is 365. The van der Waals surface area contributed by atoms with Crippen LogP contribution in [0.4, 0.5) is 4.79 Å². The monoisotopic (exact) mass is 238 g/mol. The number of carbonyl (C=O) groups excluding carboxylic acids is 3. The summed E-state index contributed by atoms with van der Waals surface area (Å²) < 4.78 is 0. The zero-order valence-corrected chi connectivity index (χ0v) is 10.4. The Morgan fingerprint density at radius 1 is 1.18 bits per heavy atom. The minimum atomic E-state index is -1.23. The Balaban J connectivity index is 3.13. The standard InChI is InChI=1S/C12H18N2O3/c1-4-6-7-8(3)12(5-2)9(15)13-11(17)14-10(12)16/h7H,4-6H2,1-3H3,(H2,13,14,15,16,17)/b8-7-. The summed E-state index contributed by atoms with van der Waals surface area (Å²) in [5.74, 6) is -1.06. The summed E-state index contributed by atoms with van der Waals surface area (Å²) in [7, 11) is 0. The highest BCUT2D eigenvalue weighted by molar-refractivity contribution is 6.21. The summed E-state index contributed by atoms with van der Waals surface area (Å²) >= 11 is 0. The van der Waals surface area contributed by atoms with Crippen LogP contribution >= 0.6 is 0 Å². The lowest BCUT2D eigenvalue weighted by atomic mass is 9.75. The maximum atomic E-state index is 11.9. The fourth-order valence-corrected chi connectivity index (χ4v) is 2.05. The normalized spacial score (nSPS) is 19.9. The first-order chi connectivity index (χ1) is 7.98. The Kier molecular flexibility index (Phi) is 4.04. The Morgan fingerprint density at radius 2 is 1.71 bits per heavy atom. The summed E-state index contributed by atoms with van der Waals surface area (Å²) in [4.78, 5) is 34.9. The number of imide groups is 2. The minimum Gasteiger partial charge on any atom is -0.277 e. The van der Waals surface area contributed by atoms with Crippen molar-refractivity contribution in [3.63, 3.8) is 0 Å². The number of carbonyl (C=O) groups is 3. The number of amides is 4. The highest BCUT2D eigenvalue weighted by Crippen LogP contribution is 2.33. The molecular formula is C12H18N2O3. The lowest BCUT2D eigenvalue weighted by Gasteiger charge is -2.34. The SMILES string of the molecule is CCC/C=C(/C)C1(CC)C(=O)NC(=O)NC1=O. The van der Waals surface area contributed by atoms with E-state index in [1.807, 2.05) is 13.0 Å². The minimum absolute atomic E-state index is 0.337. The molecule has 1 rings (SSSR count). The molecule has 1 aliphatic rings. The van der Waals surface area contributed by atoms with Gasteiger partial charge in [-0.3, -0.25) is 20.2 Å². The van der Waals surface area contributed by atoms with Gasteiger partial charge in [0.15, 0.2) is 0 Å². The van der Waals surface area contributed by atoms with Gasteiger partial charge in [-0.25, -0.2) is 4.79 Å². The molecule has 4 amide bonds. The molecule has 5 nitrogen and oxygen atoms in total. The summed E-state index contributed by atoms with van der Waals surface area (Å²) in [6.07, 6.45) is 3.98. The fourth-order valence-electron chi connectivity index (χ4n) is 2.05. The van der Waals surface area contributed by atoms with Crippen molar-refractivity contribution >= 4 is 17.8 Å². The summed E-state index contributed by atoms with van der Waals surface area (Å²) in [5.41, 5.74) is -0.535. The molecule has 0 aromatic rings. The van der Waals surface area contributed by atoms with Crippen LogP contribution in [-0.4, -0.2) is 17.8 Å². The quantitative estimate of drug-likeness (QED) is 0.575. The van der Waals surface area contributed by atoms with Crippen LogP contribution in [0.2, 0.25) is 0 Å². The predicted molar refractivity (Wildman–Crippen MR) is 63.1 cm³/mol. The molecule has 0 atom stereocenters. The molecule has 5 heteroatoms. The average Bonchev–Trinajstić information content (AvgIpc) is 2.26. The van der Waals surface area contributed by atoms with Crippen molar-refractivity contribution in [3.8, 4) is 0 Å². The molecule has 0 spiro atoms. The molecule has 1 heterocycles. The number of rotatable bonds is 4. The predicted octanol–water partition coefficient (Wildman–Crippen LogP) is 1.50. The summed E-state index contributed by atoms with van der Waals surface area (Å²) in [5, 5.41) is 4.32. The maximum Gasteiger partial charge on any atom is 0.328 e. The zero-order valence-electron chi connectivity index (χ0n) is 10.4. The van der Waals surface area contributed by atoms with Crippen molar-refractivity contribution in [1.82, 2.24) is 10.6 Å². The highest BCUT2D eigenvalue weighted by Gasteiger charge is 2.49. The van der Waals surface area contributed by atoms with Crippen LogP contribution in [0.5, 0.6) is 0 Å². The number of unbranched alkanes of at least 4 members (excludes halogenated alkanes) is 1. The highest BCUT2D eigenvalue weighted by atomic mass is 16.2. The summed E-state index contributed by atoms with van der Waals surface area (Å²) in [6.45, 7) is 5.54. The van der Waals surface area contributed by atoms with Gasteiger partial charge in [-0.2, -0.15) is 0 Å². The number of urea groups is 1. The molecule has 2 N–H and O–H groups in total. The van der Waals surface area contributed by atoms with Crippen LogP contribution < -0.4 is 10.6 Å². The van der Waals surface area contributed by atoms with Crippen molar-refractivity contribution in [2.75, 3.05) is 0 Å². The topological polar surface area (TPSA) is 75.3 Å². The Hall–Kier alpha value is -1.65. The molecular weight excluding hydrogens is 220 g/mol. The van der Waals surface area contributed by atoms with E-state index in [0.717, 1.165) is 12.8 Å². The van der Waals surface area contributed by atoms with E-state index in [1.165, 1.54) is 0 Å². The molecule has 0 radical (unpaired) electrons. The zero-order chi connectivity index (χ0) is 13.1. The molecule has 17 heavy (non-hydrogen) atoms. The van der Waals surface area contributed by atoms with E-state index in [4.69, 9.17) is 0 Å². The third-order valence-electron chi connectivity index (χ3n) is 3.17. The smallest absolute Gasteiger partial charge is 0.277 e. The molecule has 0 aliphatic carbocycles. The van der Waals surface area contributed by atoms with E-state index >= 15 is 0 Å². The van der Waals surface area contributed by atoms with E-state index in [9.17, 15) is 14.4 Å². The van der Waals surface area contributed by atoms with Gasteiger partial charge in [-0.15, -0.1) is 0 Å². The third-order valence-corrected chi connectivity index (χ3v) is 3.17. The molecule has 0 aromatic heterocycles. The first-order valence-electron chi connectivity index (χ1n) is 5.83. The van der Waals surface area contributed by atoms with Crippen molar-refractivity contribution in [3.05, 3.63) is 11.6 Å². The average molecular weight is 238 g/mol. The number of barbiturate groups is 1. The van der Waals surface area contributed by atoms with Gasteiger partial charge >= 0.3 is 6.03 Å². The number of hydrogen-bond donors (Lipinski definition) is 2. The van der Waals surface area contributed by atoms with Crippen LogP contribution in [0.3, 0.4) is 0 Å². The molecule has 0 bridgehead atoms. The molecule has 0 saturated carbocycles. The van der Waals surface area contributed by atoms with Gasteiger partial charge in [0.25, 0.3) is 0 Å². The number of allylic oxidation sites excluding steroid dienone is 1. The van der Waals surface area contributed by atoms with E-state index in [2.05, 4.69) is 10.6 Å². The third kappa shape index (κ3) is 2.23. The van der Waals surface area contributed by atoms with Gasteiger partial charge < -0.3 is 0 Å². The second-order valence-corrected chi connectivity index (χ2v) is 4.17. The Labute approximate surface area is 101 Å². The van der Waals surface area contributed by atoms with E-state index in [-0.39, 0.29) is 0 Å². The maximum absolute atomic E-state index is 11.9. The molecule has 1 saturated heterocycles. The lowest BCUT2D eigenvalue weighted by Crippen LogP contribution is -2.62. The van der Waals surface area contributed by atoms with Crippen LogP contribution in [-0.2, 0) is 9.59 Å². The lowest BCUT2D eigenvalue weighted by molar-refractivity contribution is -0.141. The largest absolute Gasteiger partial charge is 0.328 e. The van der Waals surface area contributed by atoms with E-state index in [1.54, 1.807) is 13.8 Å². The van der Waals surface area contributed by atoms with Crippen molar-refractivity contribution in [2.24, 2.45) is 5.41 Å². The van der Waals surface area contributed by atoms with Gasteiger partial charge in [0, 0.05) is 0 Å². The molecule has 94 valence electrons. The van der Waals surface area contributed by atoms with Crippen LogP contribution in [0.25, 0.3) is 0 Å². The molecule has 0 unspecified atom stereocenters. The van der Waals surface area contributed by atoms with Crippen LogP contribution in [0.15, 0.2) is 11.6 Å². The van der Waals surface area contributed by atoms with Gasteiger partial charge in [0.2, 0.25) is 11.8 Å². The Morgan fingerprint density at radius 3 is 2.12 bits per heavy atom. The molecule has 1 aliphatic heterocycles. The molecule has 0 aromatic carbocycles. The number of hydrogen-bond acceptors (Lipinski definition) is 3. The van der Waals surface area contributed by atoms with Gasteiger partial charge in [0.05, 0.1) is 0 Å². The van der Waals surface area contributed by atoms with Gasteiger partial charge in [-0.1, -0.05) is 31.9 Å². The van der Waals surface area contributed by atoms with E-state index in [0.29, 0.717) is 12.0 Å².